The summed E-state index contributed by atoms with van der Waals surface area (Å²) in [7, 11) is 0. The molecule has 0 bridgehead atoms. The molecular weight excluding hydrogens is 577 g/mol. The number of rotatable bonds is 5. The summed E-state index contributed by atoms with van der Waals surface area (Å²) in [5.41, 5.74) is 12.3. The molecular formula is C48H32. The Morgan fingerprint density at radius 2 is 0.646 bits per heavy atom. The molecule has 0 aromatic heterocycles. The van der Waals surface area contributed by atoms with Crippen LogP contribution >= 0.6 is 0 Å². The molecule has 0 unspecified atom stereocenters. The first kappa shape index (κ1) is 28.0. The van der Waals surface area contributed by atoms with Crippen LogP contribution < -0.4 is 0 Å². The zero-order valence-corrected chi connectivity index (χ0v) is 26.5. The molecule has 0 spiro atoms. The summed E-state index contributed by atoms with van der Waals surface area (Å²) in [6.45, 7) is 0. The average molecular weight is 609 g/mol. The van der Waals surface area contributed by atoms with Crippen LogP contribution in [0, 0.1) is 0 Å². The normalized spacial score (nSPS) is 11.3. The maximum Gasteiger partial charge on any atom is -0.00199 e. The topological polar surface area (TPSA) is 0 Å². The quantitative estimate of drug-likeness (QED) is 0.171. The number of hydrogen-bond acceptors (Lipinski definition) is 0. The average Bonchev–Trinajstić information content (AvgIpc) is 3.17. The van der Waals surface area contributed by atoms with E-state index >= 15 is 0 Å². The first-order valence-electron chi connectivity index (χ1n) is 16.6. The van der Waals surface area contributed by atoms with Gasteiger partial charge in [-0.1, -0.05) is 182 Å². The van der Waals surface area contributed by atoms with E-state index in [-0.39, 0.29) is 0 Å². The predicted octanol–water partition coefficient (Wildman–Crippen LogP) is 13.5. The number of fused-ring (bicyclic) bond motifs is 3. The fourth-order valence-electron chi connectivity index (χ4n) is 7.47. The highest BCUT2D eigenvalue weighted by atomic mass is 14.2. The molecule has 0 atom stereocenters. The van der Waals surface area contributed by atoms with E-state index in [2.05, 4.69) is 194 Å². The molecule has 0 saturated carbocycles. The van der Waals surface area contributed by atoms with E-state index in [1.165, 1.54) is 88.0 Å². The van der Waals surface area contributed by atoms with E-state index in [1.54, 1.807) is 0 Å². The summed E-state index contributed by atoms with van der Waals surface area (Å²) in [4.78, 5) is 0. The van der Waals surface area contributed by atoms with Gasteiger partial charge in [-0.25, -0.2) is 0 Å². The predicted molar refractivity (Wildman–Crippen MR) is 206 cm³/mol. The molecule has 0 radical (unpaired) electrons. The SMILES string of the molecule is c1ccc(-c2ccccc2-c2ccc(-c3ccc4ccccc4c3)c(-c3c4ccccc4c(-c4ccccc4)c4ccccc34)c2)cc1. The van der Waals surface area contributed by atoms with Gasteiger partial charge in [0, 0.05) is 0 Å². The van der Waals surface area contributed by atoms with Crippen molar-refractivity contribution in [3.63, 3.8) is 0 Å². The Balaban J connectivity index is 1.39. The van der Waals surface area contributed by atoms with Crippen LogP contribution in [0.5, 0.6) is 0 Å². The van der Waals surface area contributed by atoms with Gasteiger partial charge in [-0.2, -0.15) is 0 Å². The van der Waals surface area contributed by atoms with Crippen LogP contribution in [-0.4, -0.2) is 0 Å². The maximum absolute atomic E-state index is 2.43. The second kappa shape index (κ2) is 11.8. The summed E-state index contributed by atoms with van der Waals surface area (Å²) < 4.78 is 0. The summed E-state index contributed by atoms with van der Waals surface area (Å²) in [5, 5.41) is 7.53. The van der Waals surface area contributed by atoms with Gasteiger partial charge in [0.25, 0.3) is 0 Å². The second-order valence-corrected chi connectivity index (χ2v) is 12.4. The molecule has 0 fully saturated rings. The maximum atomic E-state index is 2.43. The Hall–Kier alpha value is -6.24. The van der Waals surface area contributed by atoms with Crippen LogP contribution in [0.15, 0.2) is 194 Å². The van der Waals surface area contributed by atoms with Crippen molar-refractivity contribution in [2.75, 3.05) is 0 Å². The minimum absolute atomic E-state index is 1.20. The van der Waals surface area contributed by atoms with Crippen LogP contribution in [-0.2, 0) is 0 Å². The van der Waals surface area contributed by atoms with E-state index < -0.39 is 0 Å². The van der Waals surface area contributed by atoms with Gasteiger partial charge >= 0.3 is 0 Å². The molecule has 224 valence electrons. The Labute approximate surface area is 281 Å². The number of benzene rings is 9. The molecule has 0 aliphatic heterocycles. The molecule has 9 rings (SSSR count). The molecule has 0 heterocycles. The molecule has 0 N–H and O–H groups in total. The second-order valence-electron chi connectivity index (χ2n) is 12.4. The van der Waals surface area contributed by atoms with Crippen LogP contribution in [0.2, 0.25) is 0 Å². The summed E-state index contributed by atoms with van der Waals surface area (Å²) in [5.74, 6) is 0. The number of hydrogen-bond donors (Lipinski definition) is 0. The van der Waals surface area contributed by atoms with Crippen molar-refractivity contribution in [3.8, 4) is 55.6 Å². The highest BCUT2D eigenvalue weighted by Gasteiger charge is 2.20. The zero-order chi connectivity index (χ0) is 31.9. The van der Waals surface area contributed by atoms with Gasteiger partial charge in [0.15, 0.2) is 0 Å². The van der Waals surface area contributed by atoms with Gasteiger partial charge < -0.3 is 0 Å². The van der Waals surface area contributed by atoms with Crippen molar-refractivity contribution < 1.29 is 0 Å². The van der Waals surface area contributed by atoms with Gasteiger partial charge in [0.1, 0.15) is 0 Å². The molecule has 0 aliphatic rings. The van der Waals surface area contributed by atoms with E-state index in [0.29, 0.717) is 0 Å². The summed E-state index contributed by atoms with van der Waals surface area (Å²) in [6, 6.07) is 70.8. The minimum atomic E-state index is 1.20. The smallest absolute Gasteiger partial charge is 0.00199 e. The Morgan fingerprint density at radius 1 is 0.208 bits per heavy atom. The molecule has 48 heavy (non-hydrogen) atoms. The lowest BCUT2D eigenvalue weighted by molar-refractivity contribution is 1.57. The third-order valence-electron chi connectivity index (χ3n) is 9.67. The Kier molecular flexibility index (Phi) is 6.91. The van der Waals surface area contributed by atoms with Gasteiger partial charge in [0.05, 0.1) is 0 Å². The van der Waals surface area contributed by atoms with Crippen LogP contribution in [0.3, 0.4) is 0 Å². The first-order chi connectivity index (χ1) is 23.8. The van der Waals surface area contributed by atoms with E-state index in [0.717, 1.165) is 0 Å². The molecule has 9 aromatic rings. The highest BCUT2D eigenvalue weighted by Crippen LogP contribution is 2.47. The lowest BCUT2D eigenvalue weighted by Crippen LogP contribution is -1.94. The van der Waals surface area contributed by atoms with E-state index in [4.69, 9.17) is 0 Å². The van der Waals surface area contributed by atoms with E-state index in [9.17, 15) is 0 Å². The van der Waals surface area contributed by atoms with Gasteiger partial charge in [-0.3, -0.25) is 0 Å². The van der Waals surface area contributed by atoms with Crippen LogP contribution in [0.1, 0.15) is 0 Å². The molecule has 9 aromatic carbocycles. The lowest BCUT2D eigenvalue weighted by Gasteiger charge is -2.21. The Bertz CT molecular complexity index is 2540. The summed E-state index contributed by atoms with van der Waals surface area (Å²) >= 11 is 0. The van der Waals surface area contributed by atoms with Crippen molar-refractivity contribution in [1.82, 2.24) is 0 Å². The van der Waals surface area contributed by atoms with Crippen molar-refractivity contribution in [3.05, 3.63) is 194 Å². The van der Waals surface area contributed by atoms with Gasteiger partial charge in [-0.05, 0) is 100 Å². The first-order valence-corrected chi connectivity index (χ1v) is 16.6. The molecule has 0 amide bonds. The van der Waals surface area contributed by atoms with Crippen LogP contribution in [0.25, 0.3) is 88.0 Å². The van der Waals surface area contributed by atoms with Crippen molar-refractivity contribution in [2.45, 2.75) is 0 Å². The molecule has 0 saturated heterocycles. The summed E-state index contributed by atoms with van der Waals surface area (Å²) in [6.07, 6.45) is 0. The minimum Gasteiger partial charge on any atom is -0.0622 e. The lowest BCUT2D eigenvalue weighted by atomic mass is 9.82. The monoisotopic (exact) mass is 608 g/mol. The standard InChI is InChI=1S/C48H32/c1-3-16-34(17-4-1)39-21-9-10-22-40(39)38-29-30-41(37-28-27-33-15-7-8-20-36(33)31-37)46(32-38)48-44-25-13-11-23-42(44)47(35-18-5-2-6-19-35)43-24-12-14-26-45(43)48/h1-32H. The largest absolute Gasteiger partial charge is 0.0622 e. The fraction of sp³-hybridized carbons (Fsp3) is 0. The zero-order valence-electron chi connectivity index (χ0n) is 26.5. The Morgan fingerprint density at radius 3 is 1.29 bits per heavy atom. The highest BCUT2D eigenvalue weighted by molar-refractivity contribution is 6.22. The van der Waals surface area contributed by atoms with Crippen molar-refractivity contribution in [2.24, 2.45) is 0 Å². The van der Waals surface area contributed by atoms with Crippen molar-refractivity contribution in [1.29, 1.82) is 0 Å². The third-order valence-corrected chi connectivity index (χ3v) is 9.67. The van der Waals surface area contributed by atoms with Gasteiger partial charge in [-0.15, -0.1) is 0 Å². The van der Waals surface area contributed by atoms with Crippen molar-refractivity contribution >= 4 is 32.3 Å². The van der Waals surface area contributed by atoms with Crippen LogP contribution in [0.4, 0.5) is 0 Å². The third kappa shape index (κ3) is 4.78. The molecule has 0 aliphatic carbocycles. The van der Waals surface area contributed by atoms with Gasteiger partial charge in [0.2, 0.25) is 0 Å². The fourth-order valence-corrected chi connectivity index (χ4v) is 7.47. The molecule has 0 heteroatoms. The molecule has 0 nitrogen and oxygen atoms in total. The van der Waals surface area contributed by atoms with E-state index in [1.807, 2.05) is 0 Å².